The maximum absolute atomic E-state index is 5.16. The van der Waals surface area contributed by atoms with Gasteiger partial charge in [-0.05, 0) is 31.5 Å². The summed E-state index contributed by atoms with van der Waals surface area (Å²) in [5.41, 5.74) is 1.17. The van der Waals surface area contributed by atoms with Crippen molar-refractivity contribution in [3.63, 3.8) is 0 Å². The number of hydrogen-bond acceptors (Lipinski definition) is 5. The van der Waals surface area contributed by atoms with Gasteiger partial charge >= 0.3 is 0 Å². The Bertz CT molecular complexity index is 569. The highest BCUT2D eigenvalue weighted by Crippen LogP contribution is 2.21. The fourth-order valence-corrected chi connectivity index (χ4v) is 1.97. The Kier molecular flexibility index (Phi) is 4.40. The van der Waals surface area contributed by atoms with Crippen LogP contribution in [0.2, 0.25) is 0 Å². The minimum absolute atomic E-state index is 0.153. The first kappa shape index (κ1) is 14.1. The molecule has 0 aliphatic heterocycles. The molecule has 106 valence electrons. The second-order valence-electron chi connectivity index (χ2n) is 4.57. The smallest absolute Gasteiger partial charge is 0.132 e. The van der Waals surface area contributed by atoms with Crippen molar-refractivity contribution < 1.29 is 4.74 Å². The van der Waals surface area contributed by atoms with Crippen LogP contribution in [0, 0.1) is 6.92 Å². The second kappa shape index (κ2) is 6.23. The summed E-state index contributed by atoms with van der Waals surface area (Å²) >= 11 is 0. The van der Waals surface area contributed by atoms with Gasteiger partial charge in [-0.1, -0.05) is 12.1 Å². The first-order valence-electron chi connectivity index (χ1n) is 6.56. The maximum Gasteiger partial charge on any atom is 0.132 e. The first-order chi connectivity index (χ1) is 9.62. The zero-order chi connectivity index (χ0) is 14.5. The minimum Gasteiger partial charge on any atom is -0.497 e. The lowest BCUT2D eigenvalue weighted by molar-refractivity contribution is 0.414. The van der Waals surface area contributed by atoms with Gasteiger partial charge in [-0.15, -0.1) is 0 Å². The largest absolute Gasteiger partial charge is 0.497 e. The molecule has 2 N–H and O–H groups in total. The first-order valence-corrected chi connectivity index (χ1v) is 6.56. The molecule has 0 saturated heterocycles. The van der Waals surface area contributed by atoms with Gasteiger partial charge in [-0.3, -0.25) is 0 Å². The SMILES string of the molecule is CNc1cc(NC(C)c2ccc(OC)cc2)nc(C)n1. The summed E-state index contributed by atoms with van der Waals surface area (Å²) in [4.78, 5) is 8.67. The zero-order valence-electron chi connectivity index (χ0n) is 12.3. The molecular weight excluding hydrogens is 252 g/mol. The molecule has 5 heteroatoms. The van der Waals surface area contributed by atoms with E-state index in [1.54, 1.807) is 7.11 Å². The third-order valence-corrected chi connectivity index (χ3v) is 3.07. The van der Waals surface area contributed by atoms with Crippen LogP contribution in [0.1, 0.15) is 24.4 Å². The van der Waals surface area contributed by atoms with Crippen molar-refractivity contribution in [2.45, 2.75) is 19.9 Å². The number of ether oxygens (including phenoxy) is 1. The maximum atomic E-state index is 5.16. The van der Waals surface area contributed by atoms with Crippen LogP contribution >= 0.6 is 0 Å². The highest BCUT2D eigenvalue weighted by Gasteiger charge is 2.08. The van der Waals surface area contributed by atoms with Gasteiger partial charge in [0.2, 0.25) is 0 Å². The molecule has 0 aliphatic rings. The molecule has 0 saturated carbocycles. The molecule has 2 aromatic rings. The van der Waals surface area contributed by atoms with E-state index in [9.17, 15) is 0 Å². The molecule has 0 aliphatic carbocycles. The predicted molar refractivity (Wildman–Crippen MR) is 81.3 cm³/mol. The van der Waals surface area contributed by atoms with Crippen molar-refractivity contribution in [3.8, 4) is 5.75 Å². The number of rotatable bonds is 5. The zero-order valence-corrected chi connectivity index (χ0v) is 12.3. The molecule has 1 aromatic heterocycles. The van der Waals surface area contributed by atoms with Gasteiger partial charge in [-0.2, -0.15) is 0 Å². The van der Waals surface area contributed by atoms with E-state index in [-0.39, 0.29) is 6.04 Å². The van der Waals surface area contributed by atoms with Gasteiger partial charge in [0.15, 0.2) is 0 Å². The van der Waals surface area contributed by atoms with Crippen LogP contribution in [0.15, 0.2) is 30.3 Å². The van der Waals surface area contributed by atoms with E-state index in [2.05, 4.69) is 27.5 Å². The van der Waals surface area contributed by atoms with Crippen molar-refractivity contribution in [2.24, 2.45) is 0 Å². The number of aromatic nitrogens is 2. The molecule has 1 atom stereocenters. The summed E-state index contributed by atoms with van der Waals surface area (Å²) in [6.07, 6.45) is 0. The summed E-state index contributed by atoms with van der Waals surface area (Å²) in [6, 6.07) is 10.1. The van der Waals surface area contributed by atoms with Gasteiger partial charge in [-0.25, -0.2) is 9.97 Å². The van der Waals surface area contributed by atoms with E-state index in [1.165, 1.54) is 5.56 Å². The monoisotopic (exact) mass is 272 g/mol. The van der Waals surface area contributed by atoms with E-state index in [1.807, 2.05) is 44.3 Å². The Morgan fingerprint density at radius 2 is 1.75 bits per heavy atom. The van der Waals surface area contributed by atoms with E-state index >= 15 is 0 Å². The highest BCUT2D eigenvalue weighted by molar-refractivity contribution is 5.48. The molecule has 0 radical (unpaired) electrons. The average molecular weight is 272 g/mol. The number of anilines is 2. The molecule has 1 unspecified atom stereocenters. The molecule has 1 aromatic carbocycles. The quantitative estimate of drug-likeness (QED) is 0.876. The predicted octanol–water partition coefficient (Wildman–Crippen LogP) is 3.01. The Hall–Kier alpha value is -2.30. The normalized spacial score (nSPS) is 11.8. The molecule has 0 spiro atoms. The molecule has 5 nitrogen and oxygen atoms in total. The third kappa shape index (κ3) is 3.38. The molecule has 2 rings (SSSR count). The van der Waals surface area contributed by atoms with Crippen molar-refractivity contribution in [1.29, 1.82) is 0 Å². The number of aryl methyl sites for hydroxylation is 1. The molecular formula is C15H20N4O. The van der Waals surface area contributed by atoms with E-state index in [4.69, 9.17) is 4.74 Å². The van der Waals surface area contributed by atoms with Crippen LogP contribution in [0.3, 0.4) is 0 Å². The number of methoxy groups -OCH3 is 1. The summed E-state index contributed by atoms with van der Waals surface area (Å²) in [7, 11) is 3.51. The molecule has 1 heterocycles. The van der Waals surface area contributed by atoms with Gasteiger partial charge in [0.1, 0.15) is 23.2 Å². The van der Waals surface area contributed by atoms with Gasteiger partial charge in [0.25, 0.3) is 0 Å². The molecule has 0 amide bonds. The van der Waals surface area contributed by atoms with Crippen molar-refractivity contribution in [1.82, 2.24) is 9.97 Å². The van der Waals surface area contributed by atoms with E-state index in [0.717, 1.165) is 23.2 Å². The van der Waals surface area contributed by atoms with E-state index < -0.39 is 0 Å². The third-order valence-electron chi connectivity index (χ3n) is 3.07. The van der Waals surface area contributed by atoms with Crippen LogP contribution in [0.25, 0.3) is 0 Å². The lowest BCUT2D eigenvalue weighted by Crippen LogP contribution is -2.09. The molecule has 0 bridgehead atoms. The average Bonchev–Trinajstić information content (AvgIpc) is 2.46. The summed E-state index contributed by atoms with van der Waals surface area (Å²) in [5, 5.41) is 6.41. The topological polar surface area (TPSA) is 59.1 Å². The number of nitrogens with one attached hydrogen (secondary N) is 2. The highest BCUT2D eigenvalue weighted by atomic mass is 16.5. The van der Waals surface area contributed by atoms with Gasteiger partial charge in [0, 0.05) is 19.2 Å². The van der Waals surface area contributed by atoms with Crippen molar-refractivity contribution in [2.75, 3.05) is 24.8 Å². The van der Waals surface area contributed by atoms with E-state index in [0.29, 0.717) is 0 Å². The Labute approximate surface area is 119 Å². The Balaban J connectivity index is 2.13. The summed E-state index contributed by atoms with van der Waals surface area (Å²) in [6.45, 7) is 3.97. The van der Waals surface area contributed by atoms with Crippen LogP contribution in [-0.4, -0.2) is 24.1 Å². The number of nitrogens with zero attached hydrogens (tertiary/aromatic N) is 2. The summed E-state index contributed by atoms with van der Waals surface area (Å²) in [5.74, 6) is 3.21. The number of benzene rings is 1. The van der Waals surface area contributed by atoms with Gasteiger partial charge < -0.3 is 15.4 Å². The second-order valence-corrected chi connectivity index (χ2v) is 4.57. The fourth-order valence-electron chi connectivity index (χ4n) is 1.97. The molecule has 20 heavy (non-hydrogen) atoms. The summed E-state index contributed by atoms with van der Waals surface area (Å²) < 4.78 is 5.16. The molecule has 0 fully saturated rings. The lowest BCUT2D eigenvalue weighted by Gasteiger charge is -2.16. The van der Waals surface area contributed by atoms with Gasteiger partial charge in [0.05, 0.1) is 7.11 Å². The number of hydrogen-bond donors (Lipinski definition) is 2. The van der Waals surface area contributed by atoms with Crippen LogP contribution in [0.5, 0.6) is 5.75 Å². The Morgan fingerprint density at radius 1 is 1.10 bits per heavy atom. The Morgan fingerprint density at radius 3 is 2.35 bits per heavy atom. The lowest BCUT2D eigenvalue weighted by atomic mass is 10.1. The minimum atomic E-state index is 0.153. The van der Waals surface area contributed by atoms with Crippen LogP contribution in [-0.2, 0) is 0 Å². The van der Waals surface area contributed by atoms with Crippen LogP contribution in [0.4, 0.5) is 11.6 Å². The fraction of sp³-hybridized carbons (Fsp3) is 0.333. The van der Waals surface area contributed by atoms with Crippen molar-refractivity contribution in [3.05, 3.63) is 41.7 Å². The van der Waals surface area contributed by atoms with Crippen LogP contribution < -0.4 is 15.4 Å². The van der Waals surface area contributed by atoms with Crippen molar-refractivity contribution >= 4 is 11.6 Å². The standard InChI is InChI=1S/C15H20N4O/c1-10(12-5-7-13(20-4)8-6-12)17-15-9-14(16-3)18-11(2)19-15/h5-10H,1-4H3,(H2,16,17,18,19).